The summed E-state index contributed by atoms with van der Waals surface area (Å²) in [5.41, 5.74) is 1.11. The van der Waals surface area contributed by atoms with E-state index in [1.165, 1.54) is 37.1 Å². The molecule has 1 N–H and O–H groups in total. The molecule has 25 heavy (non-hydrogen) atoms. The molecule has 1 aliphatic heterocycles. The number of aromatic carboxylic acids is 1. The normalized spacial score (nSPS) is 15.6. The number of benzene rings is 2. The number of nitrogens with zero attached hydrogens (tertiary/aromatic N) is 1. The Balaban J connectivity index is 1.83. The number of hydrogen-bond acceptors (Lipinski definition) is 4. The lowest BCUT2D eigenvalue weighted by molar-refractivity contribution is 0.0696. The SMILES string of the molecule is O=C(O)c1ccc(S(=O)(=O)c2ccc(N3CCCCCC3)cc2)cc1. The molecule has 0 unspecified atom stereocenters. The van der Waals surface area contributed by atoms with E-state index in [0.717, 1.165) is 31.6 Å². The summed E-state index contributed by atoms with van der Waals surface area (Å²) in [6.45, 7) is 2.01. The largest absolute Gasteiger partial charge is 0.478 e. The van der Waals surface area contributed by atoms with Gasteiger partial charge >= 0.3 is 5.97 Å². The summed E-state index contributed by atoms with van der Waals surface area (Å²) in [5, 5.41) is 8.92. The number of sulfone groups is 1. The Labute approximate surface area is 147 Å². The van der Waals surface area contributed by atoms with Crippen LogP contribution in [0.5, 0.6) is 0 Å². The fourth-order valence-corrected chi connectivity index (χ4v) is 4.34. The Bertz CT molecular complexity index is 834. The third-order valence-electron chi connectivity index (χ3n) is 4.53. The molecule has 0 aromatic heterocycles. The zero-order valence-corrected chi connectivity index (χ0v) is 14.7. The molecule has 3 rings (SSSR count). The van der Waals surface area contributed by atoms with E-state index >= 15 is 0 Å². The Kier molecular flexibility index (Phi) is 5.08. The van der Waals surface area contributed by atoms with E-state index in [2.05, 4.69) is 4.90 Å². The molecular formula is C19H21NO4S. The minimum Gasteiger partial charge on any atom is -0.478 e. The topological polar surface area (TPSA) is 74.7 Å². The van der Waals surface area contributed by atoms with Gasteiger partial charge in [-0.3, -0.25) is 0 Å². The van der Waals surface area contributed by atoms with Gasteiger partial charge in [-0.15, -0.1) is 0 Å². The first-order chi connectivity index (χ1) is 12.0. The van der Waals surface area contributed by atoms with E-state index in [1.807, 2.05) is 12.1 Å². The average molecular weight is 359 g/mol. The van der Waals surface area contributed by atoms with Gasteiger partial charge in [0.05, 0.1) is 15.4 Å². The first-order valence-electron chi connectivity index (χ1n) is 8.42. The van der Waals surface area contributed by atoms with Gasteiger partial charge in [0.25, 0.3) is 0 Å². The van der Waals surface area contributed by atoms with Crippen molar-refractivity contribution in [3.05, 3.63) is 54.1 Å². The Morgan fingerprint density at radius 1 is 0.800 bits per heavy atom. The first kappa shape index (κ1) is 17.5. The Morgan fingerprint density at radius 3 is 1.76 bits per heavy atom. The predicted octanol–water partition coefficient (Wildman–Crippen LogP) is 3.60. The predicted molar refractivity (Wildman–Crippen MR) is 96.0 cm³/mol. The average Bonchev–Trinajstić information content (AvgIpc) is 2.91. The van der Waals surface area contributed by atoms with Crippen molar-refractivity contribution in [2.24, 2.45) is 0 Å². The summed E-state index contributed by atoms with van der Waals surface area (Å²) in [4.78, 5) is 13.5. The van der Waals surface area contributed by atoms with Crippen LogP contribution in [-0.2, 0) is 9.84 Å². The number of carbonyl (C=O) groups is 1. The van der Waals surface area contributed by atoms with Gasteiger partial charge in [0.2, 0.25) is 9.84 Å². The van der Waals surface area contributed by atoms with E-state index in [0.29, 0.717) is 0 Å². The molecule has 1 heterocycles. The van der Waals surface area contributed by atoms with Gasteiger partial charge in [0.15, 0.2) is 0 Å². The number of rotatable bonds is 4. The van der Waals surface area contributed by atoms with Gasteiger partial charge < -0.3 is 10.0 Å². The molecular weight excluding hydrogens is 338 g/mol. The molecule has 0 amide bonds. The van der Waals surface area contributed by atoms with Gasteiger partial charge in [-0.1, -0.05) is 12.8 Å². The van der Waals surface area contributed by atoms with Crippen LogP contribution < -0.4 is 4.90 Å². The van der Waals surface area contributed by atoms with Gasteiger partial charge in [0, 0.05) is 18.8 Å². The molecule has 5 nitrogen and oxygen atoms in total. The summed E-state index contributed by atoms with van der Waals surface area (Å²) in [7, 11) is -3.65. The van der Waals surface area contributed by atoms with Gasteiger partial charge in [-0.05, 0) is 61.4 Å². The van der Waals surface area contributed by atoms with Crippen LogP contribution in [0.2, 0.25) is 0 Å². The van der Waals surface area contributed by atoms with E-state index in [9.17, 15) is 13.2 Å². The van der Waals surface area contributed by atoms with Crippen LogP contribution in [0.15, 0.2) is 58.3 Å². The van der Waals surface area contributed by atoms with Gasteiger partial charge in [-0.25, -0.2) is 13.2 Å². The standard InChI is InChI=1S/C19H21NO4S/c21-19(22)15-5-9-17(10-6-15)25(23,24)18-11-7-16(8-12-18)20-13-3-1-2-4-14-20/h5-12H,1-4,13-14H2,(H,21,22). The fourth-order valence-electron chi connectivity index (χ4n) is 3.08. The molecule has 6 heteroatoms. The van der Waals surface area contributed by atoms with Crippen LogP contribution in [0.4, 0.5) is 5.69 Å². The lowest BCUT2D eigenvalue weighted by Crippen LogP contribution is -2.23. The van der Waals surface area contributed by atoms with E-state index in [1.54, 1.807) is 12.1 Å². The van der Waals surface area contributed by atoms with Crippen molar-refractivity contribution in [1.29, 1.82) is 0 Å². The lowest BCUT2D eigenvalue weighted by Gasteiger charge is -2.22. The quantitative estimate of drug-likeness (QED) is 0.903. The molecule has 0 aliphatic carbocycles. The van der Waals surface area contributed by atoms with Crippen LogP contribution >= 0.6 is 0 Å². The third-order valence-corrected chi connectivity index (χ3v) is 6.32. The first-order valence-corrected chi connectivity index (χ1v) is 9.90. The molecule has 0 saturated carbocycles. The van der Waals surface area contributed by atoms with Crippen molar-refractivity contribution in [1.82, 2.24) is 0 Å². The zero-order valence-electron chi connectivity index (χ0n) is 13.9. The Hall–Kier alpha value is -2.34. The van der Waals surface area contributed by atoms with E-state index < -0.39 is 15.8 Å². The van der Waals surface area contributed by atoms with Crippen LogP contribution in [0, 0.1) is 0 Å². The van der Waals surface area contributed by atoms with Crippen molar-refractivity contribution in [3.8, 4) is 0 Å². The van der Waals surface area contributed by atoms with E-state index in [4.69, 9.17) is 5.11 Å². The molecule has 0 bridgehead atoms. The number of carboxylic acids is 1. The van der Waals surface area contributed by atoms with Crippen LogP contribution in [0.25, 0.3) is 0 Å². The summed E-state index contributed by atoms with van der Waals surface area (Å²) < 4.78 is 25.4. The van der Waals surface area contributed by atoms with Crippen molar-refractivity contribution in [2.75, 3.05) is 18.0 Å². The van der Waals surface area contributed by atoms with Crippen LogP contribution in [0.3, 0.4) is 0 Å². The summed E-state index contributed by atoms with van der Waals surface area (Å²) in [5.74, 6) is -1.08. The maximum atomic E-state index is 12.7. The van der Waals surface area contributed by atoms with Crippen LogP contribution in [-0.4, -0.2) is 32.6 Å². The van der Waals surface area contributed by atoms with Gasteiger partial charge in [0.1, 0.15) is 0 Å². The number of carboxylic acid groups (broad SMARTS) is 1. The smallest absolute Gasteiger partial charge is 0.335 e. The maximum Gasteiger partial charge on any atom is 0.335 e. The second-order valence-electron chi connectivity index (χ2n) is 6.23. The fraction of sp³-hybridized carbons (Fsp3) is 0.316. The second-order valence-corrected chi connectivity index (χ2v) is 8.18. The van der Waals surface area contributed by atoms with E-state index in [-0.39, 0.29) is 15.4 Å². The van der Waals surface area contributed by atoms with Crippen molar-refractivity contribution in [3.63, 3.8) is 0 Å². The molecule has 132 valence electrons. The third kappa shape index (κ3) is 3.85. The molecule has 0 spiro atoms. The lowest BCUT2D eigenvalue weighted by atomic mass is 10.2. The minimum absolute atomic E-state index is 0.0652. The van der Waals surface area contributed by atoms with Crippen molar-refractivity contribution in [2.45, 2.75) is 35.5 Å². The number of hydrogen-bond donors (Lipinski definition) is 1. The minimum atomic E-state index is -3.65. The second kappa shape index (κ2) is 7.27. The highest BCUT2D eigenvalue weighted by Crippen LogP contribution is 2.25. The molecule has 0 radical (unpaired) electrons. The molecule has 0 atom stereocenters. The van der Waals surface area contributed by atoms with Crippen molar-refractivity contribution < 1.29 is 18.3 Å². The number of anilines is 1. The highest BCUT2D eigenvalue weighted by molar-refractivity contribution is 7.91. The van der Waals surface area contributed by atoms with Crippen molar-refractivity contribution >= 4 is 21.5 Å². The molecule has 2 aromatic carbocycles. The molecule has 1 fully saturated rings. The Morgan fingerprint density at radius 2 is 1.28 bits per heavy atom. The summed E-state index contributed by atoms with van der Waals surface area (Å²) in [6.07, 6.45) is 4.82. The zero-order chi connectivity index (χ0) is 17.9. The van der Waals surface area contributed by atoms with Gasteiger partial charge in [-0.2, -0.15) is 0 Å². The van der Waals surface area contributed by atoms with Crippen LogP contribution in [0.1, 0.15) is 36.0 Å². The summed E-state index contributed by atoms with van der Waals surface area (Å²) >= 11 is 0. The summed E-state index contributed by atoms with van der Waals surface area (Å²) in [6, 6.07) is 12.2. The monoisotopic (exact) mass is 359 g/mol. The maximum absolute atomic E-state index is 12.7. The molecule has 2 aromatic rings. The highest BCUT2D eigenvalue weighted by atomic mass is 32.2. The highest BCUT2D eigenvalue weighted by Gasteiger charge is 2.19. The molecule has 1 saturated heterocycles. The molecule has 1 aliphatic rings.